The van der Waals surface area contributed by atoms with Gasteiger partial charge in [0.05, 0.1) is 10.3 Å². The Kier molecular flexibility index (Phi) is 4.85. The topological polar surface area (TPSA) is 83.1 Å². The number of aromatic nitrogens is 2. The number of nitrogens with one attached hydrogen (secondary N) is 1. The second kappa shape index (κ2) is 7.31. The highest BCUT2D eigenvalue weighted by molar-refractivity contribution is 7.20. The highest BCUT2D eigenvalue weighted by Crippen LogP contribution is 2.30. The number of amides is 1. The van der Waals surface area contributed by atoms with Gasteiger partial charge >= 0.3 is 0 Å². The van der Waals surface area contributed by atoms with Gasteiger partial charge in [0.15, 0.2) is 5.78 Å². The molecule has 0 aliphatic carbocycles. The first-order valence-corrected chi connectivity index (χ1v) is 10.2. The number of aryl methyl sites for hydroxylation is 2. The molecule has 1 saturated heterocycles. The molecule has 7 heteroatoms. The first-order valence-electron chi connectivity index (χ1n) is 9.34. The smallest absolute Gasteiger partial charge is 0.264 e. The fourth-order valence-corrected chi connectivity index (χ4v) is 5.01. The summed E-state index contributed by atoms with van der Waals surface area (Å²) in [5.41, 5.74) is 1.13. The third-order valence-electron chi connectivity index (χ3n) is 5.25. The molecule has 0 bridgehead atoms. The third-order valence-corrected chi connectivity index (χ3v) is 6.42. The second-order valence-corrected chi connectivity index (χ2v) is 8.21. The molecule has 0 saturated carbocycles. The van der Waals surface area contributed by atoms with Gasteiger partial charge in [-0.3, -0.25) is 14.4 Å². The number of Topliss-reactive ketones (excluding diaryl/α,β-unsaturated/α-hetero) is 1. The van der Waals surface area contributed by atoms with E-state index in [9.17, 15) is 14.4 Å². The Hall–Kier alpha value is -2.80. The van der Waals surface area contributed by atoms with Gasteiger partial charge in [-0.05, 0) is 32.3 Å². The monoisotopic (exact) mass is 395 g/mol. The summed E-state index contributed by atoms with van der Waals surface area (Å²) < 4.78 is 0. The van der Waals surface area contributed by atoms with Crippen molar-refractivity contribution in [1.29, 1.82) is 0 Å². The van der Waals surface area contributed by atoms with Crippen molar-refractivity contribution in [3.8, 4) is 0 Å². The maximum Gasteiger partial charge on any atom is 0.264 e. The maximum atomic E-state index is 13.2. The van der Waals surface area contributed by atoms with Crippen LogP contribution in [0.4, 0.5) is 0 Å². The average Bonchev–Trinajstić information content (AvgIpc) is 3.04. The number of aromatic amines is 1. The minimum atomic E-state index is -0.217. The van der Waals surface area contributed by atoms with Crippen LogP contribution < -0.4 is 5.56 Å². The standard InChI is InChI=1S/C21H21N3O3S/c1-12-16-19(26)22-13(2)23-20(16)28-18(12)21(27)24-10-6-9-15(11-24)17(25)14-7-4-3-5-8-14/h3-5,7-8,15H,6,9-11H2,1-2H3,(H,22,23,26)/t15-/m1/s1. The molecule has 0 spiro atoms. The van der Waals surface area contributed by atoms with Crippen LogP contribution in [0.3, 0.4) is 0 Å². The first kappa shape index (κ1) is 18.6. The van der Waals surface area contributed by atoms with Gasteiger partial charge in [0.2, 0.25) is 0 Å². The Labute approximate surface area is 166 Å². The van der Waals surface area contributed by atoms with Crippen LogP contribution in [0.15, 0.2) is 35.1 Å². The molecule has 3 heterocycles. The van der Waals surface area contributed by atoms with Crippen LogP contribution in [-0.2, 0) is 0 Å². The number of ketones is 1. The summed E-state index contributed by atoms with van der Waals surface area (Å²) in [7, 11) is 0. The van der Waals surface area contributed by atoms with Gasteiger partial charge in [0.1, 0.15) is 10.7 Å². The molecule has 1 aromatic carbocycles. The SMILES string of the molecule is Cc1nc2sc(C(=O)N3CCC[C@@H](C(=O)c4ccccc4)C3)c(C)c2c(=O)[nH]1. The Balaban J connectivity index is 1.61. The van der Waals surface area contributed by atoms with E-state index in [0.29, 0.717) is 45.1 Å². The van der Waals surface area contributed by atoms with Crippen molar-refractivity contribution in [3.63, 3.8) is 0 Å². The number of hydrogen-bond donors (Lipinski definition) is 1. The first-order chi connectivity index (χ1) is 13.5. The number of rotatable bonds is 3. The molecule has 3 aromatic rings. The molecule has 4 rings (SSSR count). The van der Waals surface area contributed by atoms with E-state index in [-0.39, 0.29) is 23.2 Å². The van der Waals surface area contributed by atoms with Gasteiger partial charge in [-0.2, -0.15) is 0 Å². The van der Waals surface area contributed by atoms with Gasteiger partial charge in [-0.25, -0.2) is 4.98 Å². The number of carbonyl (C=O) groups is 2. The lowest BCUT2D eigenvalue weighted by molar-refractivity contribution is 0.0640. The van der Waals surface area contributed by atoms with Crippen LogP contribution in [-0.4, -0.2) is 39.6 Å². The Morgan fingerprint density at radius 3 is 2.71 bits per heavy atom. The van der Waals surface area contributed by atoms with Crippen LogP contribution in [0.1, 0.15) is 44.3 Å². The van der Waals surface area contributed by atoms with Crippen LogP contribution >= 0.6 is 11.3 Å². The van der Waals surface area contributed by atoms with E-state index < -0.39 is 0 Å². The predicted molar refractivity (Wildman–Crippen MR) is 109 cm³/mol. The zero-order chi connectivity index (χ0) is 19.8. The number of carbonyl (C=O) groups excluding carboxylic acids is 2. The van der Waals surface area contributed by atoms with Crippen LogP contribution in [0.25, 0.3) is 10.2 Å². The number of thiophene rings is 1. The number of nitrogens with zero attached hydrogens (tertiary/aromatic N) is 2. The van der Waals surface area contributed by atoms with E-state index in [0.717, 1.165) is 12.8 Å². The Morgan fingerprint density at radius 1 is 1.21 bits per heavy atom. The molecule has 6 nitrogen and oxygen atoms in total. The summed E-state index contributed by atoms with van der Waals surface area (Å²) in [6.07, 6.45) is 1.57. The van der Waals surface area contributed by atoms with Crippen molar-refractivity contribution in [2.24, 2.45) is 5.92 Å². The molecule has 1 amide bonds. The Bertz CT molecular complexity index is 1120. The van der Waals surface area contributed by atoms with Crippen molar-refractivity contribution >= 4 is 33.2 Å². The molecule has 2 aromatic heterocycles. The molecule has 1 atom stereocenters. The molecule has 1 N–H and O–H groups in total. The zero-order valence-electron chi connectivity index (χ0n) is 15.8. The molecule has 1 aliphatic heterocycles. The molecule has 144 valence electrons. The lowest BCUT2D eigenvalue weighted by atomic mass is 9.90. The molecule has 0 radical (unpaired) electrons. The number of fused-ring (bicyclic) bond motifs is 1. The van der Waals surface area contributed by atoms with E-state index in [1.807, 2.05) is 30.3 Å². The number of piperidine rings is 1. The largest absolute Gasteiger partial charge is 0.337 e. The van der Waals surface area contributed by atoms with Crippen LogP contribution in [0.2, 0.25) is 0 Å². The molecule has 28 heavy (non-hydrogen) atoms. The zero-order valence-corrected chi connectivity index (χ0v) is 16.6. The fourth-order valence-electron chi connectivity index (χ4n) is 3.81. The molecule has 1 fully saturated rings. The van der Waals surface area contributed by atoms with E-state index in [1.54, 1.807) is 18.7 Å². The summed E-state index contributed by atoms with van der Waals surface area (Å²) in [4.78, 5) is 48.2. The maximum absolute atomic E-state index is 13.2. The summed E-state index contributed by atoms with van der Waals surface area (Å²) in [6, 6.07) is 9.23. The van der Waals surface area contributed by atoms with Crippen molar-refractivity contribution < 1.29 is 9.59 Å². The van der Waals surface area contributed by atoms with E-state index in [4.69, 9.17) is 0 Å². The van der Waals surface area contributed by atoms with Crippen molar-refractivity contribution in [3.05, 3.63) is 62.5 Å². The van der Waals surface area contributed by atoms with Crippen molar-refractivity contribution in [2.75, 3.05) is 13.1 Å². The normalized spacial score (nSPS) is 17.1. The van der Waals surface area contributed by atoms with Gasteiger partial charge in [-0.15, -0.1) is 11.3 Å². The van der Waals surface area contributed by atoms with Crippen LogP contribution in [0, 0.1) is 19.8 Å². The van der Waals surface area contributed by atoms with Gasteiger partial charge < -0.3 is 9.88 Å². The quantitative estimate of drug-likeness (QED) is 0.690. The van der Waals surface area contributed by atoms with E-state index in [1.165, 1.54) is 11.3 Å². The van der Waals surface area contributed by atoms with Gasteiger partial charge in [0, 0.05) is 24.6 Å². The summed E-state index contributed by atoms with van der Waals surface area (Å²) in [6.45, 7) is 4.54. The molecule has 1 aliphatic rings. The summed E-state index contributed by atoms with van der Waals surface area (Å²) in [5.74, 6) is 0.297. The number of hydrogen-bond acceptors (Lipinski definition) is 5. The molecular weight excluding hydrogens is 374 g/mol. The van der Waals surface area contributed by atoms with Gasteiger partial charge in [-0.1, -0.05) is 30.3 Å². The van der Waals surface area contributed by atoms with Gasteiger partial charge in [0.25, 0.3) is 11.5 Å². The minimum Gasteiger partial charge on any atom is -0.337 e. The second-order valence-electron chi connectivity index (χ2n) is 7.21. The summed E-state index contributed by atoms with van der Waals surface area (Å²) in [5, 5.41) is 0.480. The highest BCUT2D eigenvalue weighted by atomic mass is 32.1. The number of likely N-dealkylation sites (tertiary alicyclic amines) is 1. The lowest BCUT2D eigenvalue weighted by Crippen LogP contribution is -2.42. The lowest BCUT2D eigenvalue weighted by Gasteiger charge is -2.32. The molecule has 0 unspecified atom stereocenters. The molecular formula is C21H21N3O3S. The highest BCUT2D eigenvalue weighted by Gasteiger charge is 2.31. The predicted octanol–water partition coefficient (Wildman–Crippen LogP) is 3.34. The number of H-pyrrole nitrogens is 1. The fraction of sp³-hybridized carbons (Fsp3) is 0.333. The third kappa shape index (κ3) is 3.26. The Morgan fingerprint density at radius 2 is 1.96 bits per heavy atom. The van der Waals surface area contributed by atoms with Crippen LogP contribution in [0.5, 0.6) is 0 Å². The van der Waals surface area contributed by atoms with Crippen molar-refractivity contribution in [1.82, 2.24) is 14.9 Å². The summed E-state index contributed by atoms with van der Waals surface area (Å²) >= 11 is 1.25. The van der Waals surface area contributed by atoms with Crippen molar-refractivity contribution in [2.45, 2.75) is 26.7 Å². The average molecular weight is 395 g/mol. The van der Waals surface area contributed by atoms with E-state index >= 15 is 0 Å². The minimum absolute atomic E-state index is 0.0832. The number of benzene rings is 1. The van der Waals surface area contributed by atoms with E-state index in [2.05, 4.69) is 9.97 Å².